The molecule has 2 aromatic carbocycles. The Hall–Kier alpha value is -3.58. The van der Waals surface area contributed by atoms with E-state index in [4.69, 9.17) is 24.1 Å². The first-order valence-corrected chi connectivity index (χ1v) is 9.59. The maximum absolute atomic E-state index is 12.3. The smallest absolute Gasteiger partial charge is 0.339 e. The van der Waals surface area contributed by atoms with E-state index >= 15 is 0 Å². The van der Waals surface area contributed by atoms with E-state index in [1.54, 1.807) is 0 Å². The van der Waals surface area contributed by atoms with Crippen LogP contribution in [-0.4, -0.2) is 87.0 Å². The molecular weight excluding hydrogens is 444 g/mol. The lowest BCUT2D eigenvalue weighted by Gasteiger charge is -2.39. The van der Waals surface area contributed by atoms with Crippen LogP contribution in [0.3, 0.4) is 0 Å². The van der Waals surface area contributed by atoms with Crippen LogP contribution in [0.15, 0.2) is 36.4 Å². The van der Waals surface area contributed by atoms with Crippen LogP contribution < -0.4 is 9.47 Å². The minimum absolute atomic E-state index is 0.0358. The summed E-state index contributed by atoms with van der Waals surface area (Å²) in [6.07, 6.45) is -7.98. The lowest BCUT2D eigenvalue weighted by molar-refractivity contribution is -0.277. The fraction of sp³-hybridized carbons (Fsp3) is 0.333. The summed E-state index contributed by atoms with van der Waals surface area (Å²) in [5.74, 6) is -3.02. The van der Waals surface area contributed by atoms with Crippen molar-refractivity contribution in [3.05, 3.63) is 47.5 Å². The van der Waals surface area contributed by atoms with Crippen molar-refractivity contribution in [1.29, 1.82) is 0 Å². The van der Waals surface area contributed by atoms with Gasteiger partial charge in [0.25, 0.3) is 0 Å². The van der Waals surface area contributed by atoms with Gasteiger partial charge in [-0.3, -0.25) is 0 Å². The Kier molecular flexibility index (Phi) is 7.23. The Labute approximate surface area is 186 Å². The summed E-state index contributed by atoms with van der Waals surface area (Å²) in [6.45, 7) is -0.539. The number of carbonyl (C=O) groups excluding carboxylic acids is 1. The van der Waals surface area contributed by atoms with Crippen LogP contribution in [0.1, 0.15) is 20.7 Å². The highest BCUT2D eigenvalue weighted by Crippen LogP contribution is 2.29. The Balaban J connectivity index is 1.70. The summed E-state index contributed by atoms with van der Waals surface area (Å²) >= 11 is 0. The molecule has 12 heteroatoms. The molecule has 1 saturated heterocycles. The van der Waals surface area contributed by atoms with Crippen molar-refractivity contribution in [1.82, 2.24) is 0 Å². The number of carboxylic acids is 1. The first-order chi connectivity index (χ1) is 15.6. The molecule has 0 bridgehead atoms. The molecule has 0 amide bonds. The molecule has 1 aliphatic heterocycles. The first-order valence-electron chi connectivity index (χ1n) is 9.59. The minimum atomic E-state index is -1.74. The number of phenols is 2. The Morgan fingerprint density at radius 1 is 0.970 bits per heavy atom. The zero-order valence-corrected chi connectivity index (χ0v) is 17.2. The molecule has 1 fully saturated rings. The van der Waals surface area contributed by atoms with E-state index in [-0.39, 0.29) is 22.8 Å². The predicted molar refractivity (Wildman–Crippen MR) is 107 cm³/mol. The largest absolute Gasteiger partial charge is 0.507 e. The highest BCUT2D eigenvalue weighted by atomic mass is 16.7. The summed E-state index contributed by atoms with van der Waals surface area (Å²) in [6, 6.07) is 7.01. The van der Waals surface area contributed by atoms with Gasteiger partial charge in [-0.1, -0.05) is 0 Å². The Bertz CT molecular complexity index is 1020. The molecule has 0 unspecified atom stereocenters. The van der Waals surface area contributed by atoms with Crippen molar-refractivity contribution in [2.24, 2.45) is 0 Å². The van der Waals surface area contributed by atoms with Gasteiger partial charge >= 0.3 is 11.9 Å². The molecule has 0 saturated carbocycles. The number of aliphatic hydroxyl groups is 3. The van der Waals surface area contributed by atoms with Gasteiger partial charge in [0.05, 0.1) is 12.7 Å². The second kappa shape index (κ2) is 9.92. The van der Waals surface area contributed by atoms with Crippen molar-refractivity contribution in [2.45, 2.75) is 30.7 Å². The van der Waals surface area contributed by atoms with E-state index in [0.717, 1.165) is 12.1 Å². The average molecular weight is 466 g/mol. The first kappa shape index (κ1) is 24.1. The third kappa shape index (κ3) is 5.26. The maximum atomic E-state index is 12.3. The van der Waals surface area contributed by atoms with Crippen LogP contribution in [0.25, 0.3) is 0 Å². The summed E-state index contributed by atoms with van der Waals surface area (Å²) in [4.78, 5) is 23.5. The van der Waals surface area contributed by atoms with Crippen LogP contribution in [0, 0.1) is 0 Å². The SMILES string of the molecule is COc1cc(C(=O)OC[C@H]2O[C@@H](Oc3ccc(O)c(C(=O)O)c3)[C@H](O)[C@@H](O)[C@@H]2O)ccc1O. The van der Waals surface area contributed by atoms with Gasteiger partial charge in [0.15, 0.2) is 11.5 Å². The minimum Gasteiger partial charge on any atom is -0.507 e. The third-order valence-corrected chi connectivity index (χ3v) is 4.91. The highest BCUT2D eigenvalue weighted by Gasteiger charge is 2.45. The van der Waals surface area contributed by atoms with E-state index in [0.29, 0.717) is 0 Å². The molecule has 0 spiro atoms. The number of benzene rings is 2. The van der Waals surface area contributed by atoms with Crippen molar-refractivity contribution in [2.75, 3.05) is 13.7 Å². The van der Waals surface area contributed by atoms with Crippen molar-refractivity contribution >= 4 is 11.9 Å². The molecule has 33 heavy (non-hydrogen) atoms. The number of carbonyl (C=O) groups is 2. The number of phenolic OH excluding ortho intramolecular Hbond substituents is 1. The van der Waals surface area contributed by atoms with Gasteiger partial charge in [-0.15, -0.1) is 0 Å². The number of hydrogen-bond acceptors (Lipinski definition) is 11. The van der Waals surface area contributed by atoms with Gasteiger partial charge in [-0.2, -0.15) is 0 Å². The number of aromatic hydroxyl groups is 2. The van der Waals surface area contributed by atoms with Crippen LogP contribution in [-0.2, 0) is 9.47 Å². The summed E-state index contributed by atoms with van der Waals surface area (Å²) in [7, 11) is 1.30. The fourth-order valence-electron chi connectivity index (χ4n) is 3.09. The van der Waals surface area contributed by atoms with E-state index < -0.39 is 60.6 Å². The molecule has 12 nitrogen and oxygen atoms in total. The van der Waals surface area contributed by atoms with Crippen LogP contribution >= 0.6 is 0 Å². The number of aromatic carboxylic acids is 1. The zero-order valence-electron chi connectivity index (χ0n) is 17.2. The molecule has 0 aromatic heterocycles. The normalized spacial score (nSPS) is 24.7. The van der Waals surface area contributed by atoms with Gasteiger partial charge in [0.1, 0.15) is 48.1 Å². The molecule has 1 aliphatic rings. The molecule has 0 radical (unpaired) electrons. The van der Waals surface area contributed by atoms with Gasteiger partial charge in [0, 0.05) is 0 Å². The third-order valence-electron chi connectivity index (χ3n) is 4.91. The molecule has 5 atom stereocenters. The number of esters is 1. The quantitative estimate of drug-likeness (QED) is 0.296. The van der Waals surface area contributed by atoms with E-state index in [2.05, 4.69) is 0 Å². The number of rotatable bonds is 7. The molecular formula is C21H22O12. The van der Waals surface area contributed by atoms with Gasteiger partial charge in [0.2, 0.25) is 6.29 Å². The summed E-state index contributed by atoms with van der Waals surface area (Å²) in [5.41, 5.74) is -0.429. The van der Waals surface area contributed by atoms with Crippen LogP contribution in [0.5, 0.6) is 23.0 Å². The predicted octanol–water partition coefficient (Wildman–Crippen LogP) is -0.152. The highest BCUT2D eigenvalue weighted by molar-refractivity contribution is 5.91. The number of aliphatic hydroxyl groups excluding tert-OH is 3. The topological polar surface area (TPSA) is 192 Å². The maximum Gasteiger partial charge on any atom is 0.339 e. The molecule has 6 N–H and O–H groups in total. The van der Waals surface area contributed by atoms with Crippen LogP contribution in [0.4, 0.5) is 0 Å². The monoisotopic (exact) mass is 466 g/mol. The Morgan fingerprint density at radius 3 is 2.33 bits per heavy atom. The van der Waals surface area contributed by atoms with Crippen molar-refractivity contribution in [3.63, 3.8) is 0 Å². The Morgan fingerprint density at radius 2 is 1.67 bits per heavy atom. The molecule has 0 aliphatic carbocycles. The lowest BCUT2D eigenvalue weighted by atomic mass is 9.99. The molecule has 178 valence electrons. The summed E-state index contributed by atoms with van der Waals surface area (Å²) in [5, 5.41) is 58.8. The zero-order chi connectivity index (χ0) is 24.3. The van der Waals surface area contributed by atoms with Crippen LogP contribution in [0.2, 0.25) is 0 Å². The average Bonchev–Trinajstić information content (AvgIpc) is 2.79. The molecule has 1 heterocycles. The van der Waals surface area contributed by atoms with Gasteiger partial charge in [-0.05, 0) is 36.4 Å². The number of hydrogen-bond donors (Lipinski definition) is 6. The van der Waals surface area contributed by atoms with E-state index in [1.807, 2.05) is 0 Å². The van der Waals surface area contributed by atoms with Crippen molar-refractivity contribution < 1.29 is 59.2 Å². The summed E-state index contributed by atoms with van der Waals surface area (Å²) < 4.78 is 20.9. The van der Waals surface area contributed by atoms with E-state index in [9.17, 15) is 35.1 Å². The molecule has 3 rings (SSSR count). The standard InChI is InChI=1S/C21H22O12/c1-30-14-6-9(2-4-13(14)23)20(29)31-8-15-16(24)17(25)18(26)21(33-15)32-10-3-5-12(22)11(7-10)19(27)28/h2-7,15-18,21-26H,8H2,1H3,(H,27,28)/t15-,16-,17+,18-,21-/m1/s1. The second-order valence-electron chi connectivity index (χ2n) is 7.10. The number of methoxy groups -OCH3 is 1. The van der Waals surface area contributed by atoms with Gasteiger partial charge < -0.3 is 49.6 Å². The lowest BCUT2D eigenvalue weighted by Crippen LogP contribution is -2.60. The number of carboxylic acid groups (broad SMARTS) is 1. The fourth-order valence-corrected chi connectivity index (χ4v) is 3.09. The second-order valence-corrected chi connectivity index (χ2v) is 7.10. The van der Waals surface area contributed by atoms with Gasteiger partial charge in [-0.25, -0.2) is 9.59 Å². The van der Waals surface area contributed by atoms with E-state index in [1.165, 1.54) is 31.4 Å². The molecule has 2 aromatic rings. The van der Waals surface area contributed by atoms with Crippen molar-refractivity contribution in [3.8, 4) is 23.0 Å². The number of ether oxygens (including phenoxy) is 4.